The molecule has 3 atom stereocenters. The summed E-state index contributed by atoms with van der Waals surface area (Å²) in [5.41, 5.74) is -2.80. The number of nitrogens with zero attached hydrogens (tertiary/aromatic N) is 3. The number of aromatic nitrogens is 3. The van der Waals surface area contributed by atoms with Crippen LogP contribution >= 0.6 is 0 Å². The average Bonchev–Trinajstić information content (AvgIpc) is 3.09. The molecule has 9 heteroatoms. The van der Waals surface area contributed by atoms with E-state index >= 15 is 0 Å². The van der Waals surface area contributed by atoms with Crippen LogP contribution in [0.3, 0.4) is 0 Å². The Morgan fingerprint density at radius 3 is 2.03 bits per heavy atom. The van der Waals surface area contributed by atoms with Gasteiger partial charge in [-0.1, -0.05) is 34.6 Å². The Hall–Kier alpha value is -1.55. The van der Waals surface area contributed by atoms with Crippen molar-refractivity contribution in [3.8, 4) is 0 Å². The van der Waals surface area contributed by atoms with Crippen LogP contribution in [0.25, 0.3) is 11.0 Å². The number of hydrogen-bond acceptors (Lipinski definition) is 6. The molecule has 8 nitrogen and oxygen atoms in total. The first-order chi connectivity index (χ1) is 14.7. The van der Waals surface area contributed by atoms with Crippen molar-refractivity contribution in [3.63, 3.8) is 0 Å². The number of methoxy groups -OCH3 is 1. The van der Waals surface area contributed by atoms with Gasteiger partial charge in [0.1, 0.15) is 11.5 Å². The second-order valence-corrected chi connectivity index (χ2v) is 12.7. The second-order valence-electron chi connectivity index (χ2n) is 11.6. The number of fused-ring (bicyclic) bond motifs is 1. The zero-order valence-corrected chi connectivity index (χ0v) is 22.9. The van der Waals surface area contributed by atoms with E-state index < -0.39 is 43.3 Å². The van der Waals surface area contributed by atoms with Gasteiger partial charge in [-0.2, -0.15) is 8.42 Å². The highest BCUT2D eigenvalue weighted by atomic mass is 32.2. The van der Waals surface area contributed by atoms with Crippen molar-refractivity contribution in [2.45, 2.75) is 92.9 Å². The lowest BCUT2D eigenvalue weighted by Gasteiger charge is -2.57. The first kappa shape index (κ1) is 26.1. The molecule has 0 saturated heterocycles. The molecule has 0 bridgehead atoms. The lowest BCUT2D eigenvalue weighted by atomic mass is 9.53. The fraction of sp³-hybridized carbons (Fsp3) is 0.750. The van der Waals surface area contributed by atoms with Gasteiger partial charge in [-0.05, 0) is 53.0 Å². The lowest BCUT2D eigenvalue weighted by molar-refractivity contribution is -0.209. The van der Waals surface area contributed by atoms with Gasteiger partial charge in [-0.25, -0.2) is 15.1 Å². The highest BCUT2D eigenvalue weighted by molar-refractivity contribution is 7.84. The number of ether oxygens (including phenoxy) is 1. The molecule has 2 aromatic rings. The van der Waals surface area contributed by atoms with Gasteiger partial charge >= 0.3 is 10.3 Å². The third-order valence-corrected chi connectivity index (χ3v) is 10.7. The first-order valence-corrected chi connectivity index (χ1v) is 12.7. The lowest BCUT2D eigenvalue weighted by Crippen LogP contribution is -2.64. The van der Waals surface area contributed by atoms with Gasteiger partial charge in [0.25, 0.3) is 0 Å². The molecule has 0 aliphatic heterocycles. The zero-order chi connectivity index (χ0) is 25.6. The van der Waals surface area contributed by atoms with E-state index in [1.807, 2.05) is 33.8 Å². The number of aryl methyl sites for hydroxylation is 2. The van der Waals surface area contributed by atoms with Gasteiger partial charge in [0.2, 0.25) is 0 Å². The van der Waals surface area contributed by atoms with Crippen LogP contribution in [0.5, 0.6) is 0 Å². The molecule has 1 aliphatic rings. The van der Waals surface area contributed by atoms with Crippen LogP contribution in [0.2, 0.25) is 0 Å². The van der Waals surface area contributed by atoms with Gasteiger partial charge in [-0.15, -0.1) is 0 Å². The smallest absolute Gasteiger partial charge is 0.333 e. The van der Waals surface area contributed by atoms with Gasteiger partial charge in [0, 0.05) is 29.5 Å². The van der Waals surface area contributed by atoms with E-state index in [9.17, 15) is 8.42 Å². The van der Waals surface area contributed by atoms with E-state index in [1.165, 1.54) is 0 Å². The number of hydrogen-bond donors (Lipinski definition) is 1. The molecule has 1 fully saturated rings. The van der Waals surface area contributed by atoms with Crippen molar-refractivity contribution < 1.29 is 17.3 Å². The Labute approximate surface area is 198 Å². The number of rotatable bonds is 5. The van der Waals surface area contributed by atoms with E-state index in [2.05, 4.69) is 50.4 Å². The number of nitrogens with two attached hydrogens (primary N) is 1. The maximum Gasteiger partial charge on any atom is 0.333 e. The topological polar surface area (TPSA) is 109 Å². The minimum Gasteiger partial charge on any atom is -0.377 e. The highest BCUT2D eigenvalue weighted by Gasteiger charge is 2.82. The minimum absolute atomic E-state index is 0.523. The molecular weight excluding hydrogens is 440 g/mol. The fourth-order valence-electron chi connectivity index (χ4n) is 7.38. The third kappa shape index (κ3) is 2.88. The molecule has 0 radical (unpaired) electrons. The summed E-state index contributed by atoms with van der Waals surface area (Å²) in [4.78, 5) is 9.36. The molecule has 1 aliphatic carbocycles. The van der Waals surface area contributed by atoms with Crippen LogP contribution in [0.4, 0.5) is 0 Å². The highest BCUT2D eigenvalue weighted by Crippen LogP contribution is 2.77. The van der Waals surface area contributed by atoms with Crippen LogP contribution in [0, 0.1) is 30.1 Å². The average molecular weight is 481 g/mol. The predicted octanol–water partition coefficient (Wildman–Crippen LogP) is 4.24. The van der Waals surface area contributed by atoms with Crippen molar-refractivity contribution in [3.05, 3.63) is 23.8 Å². The molecule has 3 rings (SSSR count). The predicted molar refractivity (Wildman–Crippen MR) is 130 cm³/mol. The molecule has 2 heterocycles. The van der Waals surface area contributed by atoms with E-state index in [4.69, 9.17) is 19.0 Å². The van der Waals surface area contributed by atoms with Gasteiger partial charge in [0.15, 0.2) is 0 Å². The van der Waals surface area contributed by atoms with Crippen molar-refractivity contribution in [2.75, 3.05) is 7.11 Å². The fourth-order valence-corrected chi connectivity index (χ4v) is 8.13. The summed E-state index contributed by atoms with van der Waals surface area (Å²) in [6.07, 6.45) is 2.06. The molecular formula is C24H40N4O4S. The summed E-state index contributed by atoms with van der Waals surface area (Å²) in [5, 5.41) is 6.38. The molecule has 33 heavy (non-hydrogen) atoms. The molecule has 0 spiro atoms. The van der Waals surface area contributed by atoms with Gasteiger partial charge < -0.3 is 9.30 Å². The molecule has 2 N–H and O–H groups in total. The van der Waals surface area contributed by atoms with Crippen LogP contribution < -0.4 is 5.14 Å². The molecule has 0 amide bonds. The summed E-state index contributed by atoms with van der Waals surface area (Å²) in [6.45, 7) is 22.4. The summed E-state index contributed by atoms with van der Waals surface area (Å²) in [6, 6.07) is 2.05. The van der Waals surface area contributed by atoms with Gasteiger partial charge in [-0.3, -0.25) is 4.18 Å². The van der Waals surface area contributed by atoms with Crippen molar-refractivity contribution in [1.29, 1.82) is 0 Å². The first-order valence-electron chi connectivity index (χ1n) is 11.3. The van der Waals surface area contributed by atoms with E-state index in [0.29, 0.717) is 5.82 Å². The van der Waals surface area contributed by atoms with E-state index in [1.54, 1.807) is 21.0 Å². The van der Waals surface area contributed by atoms with Crippen LogP contribution in [0.15, 0.2) is 12.3 Å². The Kier molecular flexibility index (Phi) is 5.52. The Bertz CT molecular complexity index is 1220. The summed E-state index contributed by atoms with van der Waals surface area (Å²) in [7, 11) is -2.54. The van der Waals surface area contributed by atoms with Crippen LogP contribution in [-0.2, 0) is 24.8 Å². The zero-order valence-electron chi connectivity index (χ0n) is 22.1. The van der Waals surface area contributed by atoms with E-state index in [-0.39, 0.29) is 0 Å². The Morgan fingerprint density at radius 2 is 1.55 bits per heavy atom. The Morgan fingerprint density at radius 1 is 1.00 bits per heavy atom. The minimum atomic E-state index is -4.22. The standard InChI is InChI=1S/C24H40N4O4S/c1-15-17-13-14-28(18(17)27-16(2)26-15)23(10)19(3,4)22(9,21(7,8)32-33(25,29)30)24(11,31-12)20(23,5)6/h13-14H,1-12H3,(H2,25,29,30)/t22-,23+,24-/m0/s1. The monoisotopic (exact) mass is 480 g/mol. The third-order valence-electron chi connectivity index (χ3n) is 10.1. The normalized spacial score (nSPS) is 31.9. The summed E-state index contributed by atoms with van der Waals surface area (Å²) in [5.74, 6) is 0.701. The molecule has 0 aromatic carbocycles. The largest absolute Gasteiger partial charge is 0.377 e. The molecule has 2 aromatic heterocycles. The molecule has 186 valence electrons. The SMILES string of the molecule is CO[C@@]1(C)C(C)(C)[C@](C)(n2ccc3c(C)nc(C)nc32)C(C)(C)[C@@]1(C)C(C)(C)OS(N)(=O)=O. The maximum absolute atomic E-state index is 12.1. The summed E-state index contributed by atoms with van der Waals surface area (Å²) >= 11 is 0. The molecule has 0 unspecified atom stereocenters. The van der Waals surface area contributed by atoms with Gasteiger partial charge in [0.05, 0.1) is 22.4 Å². The van der Waals surface area contributed by atoms with Crippen LogP contribution in [0.1, 0.15) is 73.8 Å². The quantitative estimate of drug-likeness (QED) is 0.685. The Balaban J connectivity index is 2.47. The molecule has 1 saturated carbocycles. The van der Waals surface area contributed by atoms with Crippen LogP contribution in [-0.4, -0.2) is 41.3 Å². The summed E-state index contributed by atoms with van der Waals surface area (Å²) < 4.78 is 38.5. The van der Waals surface area contributed by atoms with E-state index in [0.717, 1.165) is 16.7 Å². The maximum atomic E-state index is 12.1. The second kappa shape index (κ2) is 6.99. The van der Waals surface area contributed by atoms with Crippen molar-refractivity contribution in [1.82, 2.24) is 14.5 Å². The van der Waals surface area contributed by atoms with Crippen molar-refractivity contribution in [2.24, 2.45) is 21.4 Å². The van der Waals surface area contributed by atoms with Crippen molar-refractivity contribution >= 4 is 21.3 Å².